The van der Waals surface area contributed by atoms with Gasteiger partial charge in [-0.15, -0.1) is 18.2 Å². The second kappa shape index (κ2) is 3.96. The minimum absolute atomic E-state index is 0.119. The summed E-state index contributed by atoms with van der Waals surface area (Å²) in [7, 11) is 0. The molecule has 0 bridgehead atoms. The Balaban J connectivity index is 2.39. The molecule has 0 N–H and O–H groups in total. The van der Waals surface area contributed by atoms with Crippen LogP contribution in [-0.4, -0.2) is 0 Å². The molecule has 2 heteroatoms. The van der Waals surface area contributed by atoms with Crippen molar-refractivity contribution >= 4 is 23.2 Å². The zero-order valence-electron chi connectivity index (χ0n) is 7.84. The maximum absolute atomic E-state index is 6.25. The summed E-state index contributed by atoms with van der Waals surface area (Å²) in [5.74, 6) is 0.530. The van der Waals surface area contributed by atoms with Crippen molar-refractivity contribution in [1.82, 2.24) is 0 Å². The summed E-state index contributed by atoms with van der Waals surface area (Å²) in [6.07, 6.45) is 3.96. The van der Waals surface area contributed by atoms with Crippen LogP contribution in [0.4, 0.5) is 0 Å². The van der Waals surface area contributed by atoms with Gasteiger partial charge in [-0.05, 0) is 42.0 Å². The predicted molar refractivity (Wildman–Crippen MR) is 62.2 cm³/mol. The molecular formula is C12H12Cl2. The number of allylic oxidation sites excluding steroid dienone is 1. The largest absolute Gasteiger partial charge is 0.118 e. The highest BCUT2D eigenvalue weighted by Gasteiger charge is 2.28. The van der Waals surface area contributed by atoms with E-state index in [1.165, 1.54) is 11.1 Å². The standard InChI is InChI=1S/C12H12Cl2/c1-2-3-8-6-12(14)11-7-9(13)4-5-10(8)11/h2,4-5,7-8,12H,1,3,6H2. The predicted octanol–water partition coefficient (Wildman–Crippen LogP) is 4.68. The number of hydrogen-bond acceptors (Lipinski definition) is 0. The molecule has 0 saturated carbocycles. The molecule has 1 aliphatic carbocycles. The summed E-state index contributed by atoms with van der Waals surface area (Å²) in [6, 6.07) is 6.01. The minimum Gasteiger partial charge on any atom is -0.118 e. The summed E-state index contributed by atoms with van der Waals surface area (Å²) in [6.45, 7) is 3.77. The van der Waals surface area contributed by atoms with E-state index in [1.54, 1.807) is 0 Å². The van der Waals surface area contributed by atoms with Gasteiger partial charge in [-0.25, -0.2) is 0 Å². The molecule has 2 atom stereocenters. The van der Waals surface area contributed by atoms with Crippen molar-refractivity contribution in [2.24, 2.45) is 0 Å². The Hall–Kier alpha value is -0.460. The first-order valence-corrected chi connectivity index (χ1v) is 5.58. The fourth-order valence-electron chi connectivity index (χ4n) is 2.12. The van der Waals surface area contributed by atoms with E-state index in [1.807, 2.05) is 18.2 Å². The molecule has 2 unspecified atom stereocenters. The van der Waals surface area contributed by atoms with Gasteiger partial charge in [-0.2, -0.15) is 0 Å². The van der Waals surface area contributed by atoms with E-state index in [0.717, 1.165) is 17.9 Å². The topological polar surface area (TPSA) is 0 Å². The molecular weight excluding hydrogens is 215 g/mol. The van der Waals surface area contributed by atoms with Gasteiger partial charge in [0.25, 0.3) is 0 Å². The highest BCUT2D eigenvalue weighted by Crippen LogP contribution is 2.46. The van der Waals surface area contributed by atoms with Crippen LogP contribution in [0, 0.1) is 0 Å². The van der Waals surface area contributed by atoms with E-state index in [9.17, 15) is 0 Å². The average molecular weight is 227 g/mol. The highest BCUT2D eigenvalue weighted by molar-refractivity contribution is 6.31. The van der Waals surface area contributed by atoms with E-state index in [-0.39, 0.29) is 5.38 Å². The molecule has 0 spiro atoms. The lowest BCUT2D eigenvalue weighted by Crippen LogP contribution is -1.90. The van der Waals surface area contributed by atoms with Crippen LogP contribution in [0.25, 0.3) is 0 Å². The van der Waals surface area contributed by atoms with Crippen molar-refractivity contribution in [3.8, 4) is 0 Å². The second-order valence-electron chi connectivity index (χ2n) is 3.70. The molecule has 2 rings (SSSR count). The van der Waals surface area contributed by atoms with Crippen LogP contribution in [0.5, 0.6) is 0 Å². The molecule has 0 aromatic heterocycles. The number of alkyl halides is 1. The smallest absolute Gasteiger partial charge is 0.0594 e. The third kappa shape index (κ3) is 1.69. The molecule has 14 heavy (non-hydrogen) atoms. The summed E-state index contributed by atoms with van der Waals surface area (Å²) in [4.78, 5) is 0. The van der Waals surface area contributed by atoms with Gasteiger partial charge >= 0.3 is 0 Å². The molecule has 1 aromatic rings. The van der Waals surface area contributed by atoms with E-state index < -0.39 is 0 Å². The van der Waals surface area contributed by atoms with Crippen LogP contribution in [0.15, 0.2) is 30.9 Å². The second-order valence-corrected chi connectivity index (χ2v) is 4.66. The summed E-state index contributed by atoms with van der Waals surface area (Å²) >= 11 is 12.2. The molecule has 0 nitrogen and oxygen atoms in total. The van der Waals surface area contributed by atoms with Crippen molar-refractivity contribution < 1.29 is 0 Å². The summed E-state index contributed by atoms with van der Waals surface area (Å²) in [5.41, 5.74) is 2.54. The normalized spacial score (nSPS) is 24.7. The molecule has 0 saturated heterocycles. The third-order valence-electron chi connectivity index (χ3n) is 2.77. The maximum Gasteiger partial charge on any atom is 0.0594 e. The van der Waals surface area contributed by atoms with Gasteiger partial charge in [-0.1, -0.05) is 23.7 Å². The Kier molecular flexibility index (Phi) is 2.85. The first kappa shape index (κ1) is 10.1. The molecule has 0 heterocycles. The molecule has 0 aliphatic heterocycles. The van der Waals surface area contributed by atoms with Gasteiger partial charge < -0.3 is 0 Å². The van der Waals surface area contributed by atoms with Crippen molar-refractivity contribution in [2.45, 2.75) is 24.1 Å². The number of hydrogen-bond donors (Lipinski definition) is 0. The van der Waals surface area contributed by atoms with Crippen LogP contribution >= 0.6 is 23.2 Å². The monoisotopic (exact) mass is 226 g/mol. The van der Waals surface area contributed by atoms with E-state index in [0.29, 0.717) is 5.92 Å². The van der Waals surface area contributed by atoms with Crippen LogP contribution in [0.1, 0.15) is 35.3 Å². The Morgan fingerprint density at radius 1 is 1.43 bits per heavy atom. The lowest BCUT2D eigenvalue weighted by molar-refractivity contribution is 0.679. The van der Waals surface area contributed by atoms with Crippen LogP contribution in [0.3, 0.4) is 0 Å². The molecule has 74 valence electrons. The quantitative estimate of drug-likeness (QED) is 0.508. The van der Waals surface area contributed by atoms with Gasteiger partial charge in [0.15, 0.2) is 0 Å². The Morgan fingerprint density at radius 2 is 2.21 bits per heavy atom. The summed E-state index contributed by atoms with van der Waals surface area (Å²) in [5, 5.41) is 0.891. The first-order chi connectivity index (χ1) is 6.72. The van der Waals surface area contributed by atoms with E-state index in [4.69, 9.17) is 23.2 Å². The molecule has 0 fully saturated rings. The Morgan fingerprint density at radius 3 is 2.93 bits per heavy atom. The van der Waals surface area contributed by atoms with Crippen LogP contribution in [0.2, 0.25) is 5.02 Å². The van der Waals surface area contributed by atoms with Gasteiger partial charge in [-0.3, -0.25) is 0 Å². The fourth-order valence-corrected chi connectivity index (χ4v) is 2.70. The van der Waals surface area contributed by atoms with Crippen molar-refractivity contribution in [1.29, 1.82) is 0 Å². The highest BCUT2D eigenvalue weighted by atomic mass is 35.5. The SMILES string of the molecule is C=CCC1CC(Cl)c2cc(Cl)ccc21. The maximum atomic E-state index is 6.25. The summed E-state index contributed by atoms with van der Waals surface area (Å²) < 4.78 is 0. The number of fused-ring (bicyclic) bond motifs is 1. The van der Waals surface area contributed by atoms with Crippen molar-refractivity contribution in [3.63, 3.8) is 0 Å². The minimum atomic E-state index is 0.119. The lowest BCUT2D eigenvalue weighted by Gasteiger charge is -2.07. The van der Waals surface area contributed by atoms with E-state index in [2.05, 4.69) is 12.6 Å². The van der Waals surface area contributed by atoms with Gasteiger partial charge in [0, 0.05) is 5.02 Å². The molecule has 0 radical (unpaired) electrons. The Labute approximate surface area is 94.5 Å². The van der Waals surface area contributed by atoms with Crippen LogP contribution < -0.4 is 0 Å². The van der Waals surface area contributed by atoms with Crippen molar-refractivity contribution in [3.05, 3.63) is 47.0 Å². The Bertz CT molecular complexity index is 357. The average Bonchev–Trinajstić information content (AvgIpc) is 2.44. The fraction of sp³-hybridized carbons (Fsp3) is 0.333. The molecule has 1 aliphatic rings. The zero-order chi connectivity index (χ0) is 10.1. The number of rotatable bonds is 2. The number of halogens is 2. The zero-order valence-corrected chi connectivity index (χ0v) is 9.35. The van der Waals surface area contributed by atoms with Crippen molar-refractivity contribution in [2.75, 3.05) is 0 Å². The molecule has 1 aromatic carbocycles. The van der Waals surface area contributed by atoms with Gasteiger partial charge in [0.05, 0.1) is 5.38 Å². The van der Waals surface area contributed by atoms with Gasteiger partial charge in [0.2, 0.25) is 0 Å². The first-order valence-electron chi connectivity index (χ1n) is 4.76. The third-order valence-corrected chi connectivity index (χ3v) is 3.42. The van der Waals surface area contributed by atoms with E-state index >= 15 is 0 Å². The molecule has 0 amide bonds. The van der Waals surface area contributed by atoms with Gasteiger partial charge in [0.1, 0.15) is 0 Å². The number of benzene rings is 1. The van der Waals surface area contributed by atoms with Crippen LogP contribution in [-0.2, 0) is 0 Å². The lowest BCUT2D eigenvalue weighted by atomic mass is 9.98.